The lowest BCUT2D eigenvalue weighted by Gasteiger charge is -2.32. The number of benzene rings is 1. The highest BCUT2D eigenvalue weighted by molar-refractivity contribution is 5.85. The monoisotopic (exact) mass is 316 g/mol. The number of nitrogens with one attached hydrogen (secondary N) is 1. The van der Waals surface area contributed by atoms with Crippen LogP contribution in [-0.4, -0.2) is 33.8 Å². The molecule has 0 bridgehead atoms. The Morgan fingerprint density at radius 3 is 2.61 bits per heavy atom. The molecule has 1 aliphatic heterocycles. The van der Waals surface area contributed by atoms with Crippen LogP contribution in [0.5, 0.6) is 0 Å². The summed E-state index contributed by atoms with van der Waals surface area (Å²) in [6, 6.07) is 6.19. The number of hydrogen-bond acceptors (Lipinski definition) is 3. The topological polar surface area (TPSA) is 86.7 Å². The van der Waals surface area contributed by atoms with Gasteiger partial charge in [-0.25, -0.2) is 4.79 Å². The van der Waals surface area contributed by atoms with Gasteiger partial charge in [-0.05, 0) is 23.6 Å². The van der Waals surface area contributed by atoms with E-state index in [-0.39, 0.29) is 18.2 Å². The molecule has 2 amide bonds. The minimum atomic E-state index is -1.06. The highest BCUT2D eigenvalue weighted by Crippen LogP contribution is 2.32. The van der Waals surface area contributed by atoms with Gasteiger partial charge in [0, 0.05) is 13.1 Å². The number of nitrogens with zero attached hydrogens (tertiary/aromatic N) is 1. The molecule has 1 aromatic carbocycles. The van der Waals surface area contributed by atoms with Crippen molar-refractivity contribution < 1.29 is 19.5 Å². The van der Waals surface area contributed by atoms with E-state index in [9.17, 15) is 14.4 Å². The summed E-state index contributed by atoms with van der Waals surface area (Å²) in [5.74, 6) is -1.62. The van der Waals surface area contributed by atoms with Crippen LogP contribution in [0.2, 0.25) is 0 Å². The summed E-state index contributed by atoms with van der Waals surface area (Å²) in [4.78, 5) is 36.6. The Morgan fingerprint density at radius 1 is 1.30 bits per heavy atom. The van der Waals surface area contributed by atoms with Gasteiger partial charge < -0.3 is 15.3 Å². The minimum absolute atomic E-state index is 0.0186. The van der Waals surface area contributed by atoms with Crippen LogP contribution in [0.3, 0.4) is 0 Å². The van der Waals surface area contributed by atoms with Gasteiger partial charge >= 0.3 is 5.97 Å². The van der Waals surface area contributed by atoms with Gasteiger partial charge in [0.05, 0.1) is 12.5 Å². The van der Waals surface area contributed by atoms with Crippen LogP contribution in [0.1, 0.15) is 43.9 Å². The fourth-order valence-corrected chi connectivity index (χ4v) is 2.68. The van der Waals surface area contributed by atoms with Crippen molar-refractivity contribution in [1.29, 1.82) is 0 Å². The Morgan fingerprint density at radius 2 is 2.00 bits per heavy atom. The molecule has 2 atom stereocenters. The molecule has 23 heavy (non-hydrogen) atoms. The second-order valence-corrected chi connectivity index (χ2v) is 5.46. The van der Waals surface area contributed by atoms with Gasteiger partial charge in [-0.15, -0.1) is 0 Å². The first-order valence-corrected chi connectivity index (χ1v) is 7.52. The van der Waals surface area contributed by atoms with Crippen molar-refractivity contribution >= 4 is 23.9 Å². The zero-order valence-corrected chi connectivity index (χ0v) is 13.2. The van der Waals surface area contributed by atoms with Crippen LogP contribution in [-0.2, 0) is 14.4 Å². The molecular weight excluding hydrogens is 296 g/mol. The zero-order chi connectivity index (χ0) is 17.0. The van der Waals surface area contributed by atoms with Gasteiger partial charge in [-0.1, -0.05) is 31.2 Å². The molecule has 6 nitrogen and oxygen atoms in total. The van der Waals surface area contributed by atoms with Gasteiger partial charge in [0.2, 0.25) is 11.8 Å². The van der Waals surface area contributed by atoms with Gasteiger partial charge in [-0.2, -0.15) is 0 Å². The van der Waals surface area contributed by atoms with E-state index < -0.39 is 18.1 Å². The third-order valence-electron chi connectivity index (χ3n) is 3.89. The van der Waals surface area contributed by atoms with E-state index in [0.29, 0.717) is 6.42 Å². The van der Waals surface area contributed by atoms with Crippen LogP contribution in [0.25, 0.3) is 6.08 Å². The summed E-state index contributed by atoms with van der Waals surface area (Å²) < 4.78 is 0. The first kappa shape index (κ1) is 16.7. The smallest absolute Gasteiger partial charge is 0.326 e. The Kier molecular flexibility index (Phi) is 5.16. The Hall–Kier alpha value is -2.63. The van der Waals surface area contributed by atoms with Crippen molar-refractivity contribution in [3.05, 3.63) is 41.6 Å². The number of hydrogen-bond donors (Lipinski definition) is 2. The predicted molar refractivity (Wildman–Crippen MR) is 85.2 cm³/mol. The third kappa shape index (κ3) is 3.77. The molecule has 1 heterocycles. The molecule has 1 aromatic rings. The van der Waals surface area contributed by atoms with Crippen molar-refractivity contribution in [2.45, 2.75) is 38.8 Å². The third-order valence-corrected chi connectivity index (χ3v) is 3.89. The standard InChI is InChI=1S/C17H20N2O4/c1-3-14(17(22)23)18-16(21)10-15-13-7-5-4-6-12(13)8-9-19(15)11(2)20/h4-9,14-15H,3,10H2,1-2H3,(H,18,21)(H,22,23). The van der Waals surface area contributed by atoms with E-state index in [2.05, 4.69) is 5.32 Å². The molecule has 2 N–H and O–H groups in total. The number of rotatable bonds is 5. The van der Waals surface area contributed by atoms with Gasteiger partial charge in [-0.3, -0.25) is 9.59 Å². The molecule has 2 unspecified atom stereocenters. The largest absolute Gasteiger partial charge is 0.480 e. The van der Waals surface area contributed by atoms with Crippen molar-refractivity contribution in [3.8, 4) is 0 Å². The highest BCUT2D eigenvalue weighted by atomic mass is 16.4. The van der Waals surface area contributed by atoms with Crippen LogP contribution in [0.4, 0.5) is 0 Å². The zero-order valence-electron chi connectivity index (χ0n) is 13.2. The van der Waals surface area contributed by atoms with Crippen molar-refractivity contribution in [1.82, 2.24) is 10.2 Å². The van der Waals surface area contributed by atoms with Crippen LogP contribution >= 0.6 is 0 Å². The molecule has 0 aromatic heterocycles. The Labute approximate surface area is 134 Å². The quantitative estimate of drug-likeness (QED) is 0.869. The van der Waals surface area contributed by atoms with E-state index >= 15 is 0 Å². The van der Waals surface area contributed by atoms with Gasteiger partial charge in [0.15, 0.2) is 0 Å². The summed E-state index contributed by atoms with van der Waals surface area (Å²) in [5.41, 5.74) is 1.83. The van der Waals surface area contributed by atoms with E-state index in [1.54, 1.807) is 13.1 Å². The molecule has 1 aliphatic rings. The van der Waals surface area contributed by atoms with E-state index in [0.717, 1.165) is 11.1 Å². The fourth-order valence-electron chi connectivity index (χ4n) is 2.68. The normalized spacial score (nSPS) is 17.3. The first-order valence-electron chi connectivity index (χ1n) is 7.52. The van der Waals surface area contributed by atoms with Crippen molar-refractivity contribution in [2.24, 2.45) is 0 Å². The summed E-state index contributed by atoms with van der Waals surface area (Å²) in [6.07, 6.45) is 3.82. The SMILES string of the molecule is CCC(NC(=O)CC1c2ccccc2C=CN1C(C)=O)C(=O)O. The Balaban J connectivity index is 2.21. The average molecular weight is 316 g/mol. The fraction of sp³-hybridized carbons (Fsp3) is 0.353. The molecule has 0 aliphatic carbocycles. The minimum Gasteiger partial charge on any atom is -0.480 e. The molecule has 0 spiro atoms. The number of fused-ring (bicyclic) bond motifs is 1. The number of carboxylic acid groups (broad SMARTS) is 1. The van der Waals surface area contributed by atoms with Gasteiger partial charge in [0.1, 0.15) is 6.04 Å². The first-order chi connectivity index (χ1) is 10.9. The number of carbonyl (C=O) groups is 3. The van der Waals surface area contributed by atoms with Crippen molar-refractivity contribution in [3.63, 3.8) is 0 Å². The van der Waals surface area contributed by atoms with Crippen molar-refractivity contribution in [2.75, 3.05) is 0 Å². The maximum absolute atomic E-state index is 12.2. The maximum Gasteiger partial charge on any atom is 0.326 e. The van der Waals surface area contributed by atoms with Crippen LogP contribution in [0.15, 0.2) is 30.5 Å². The molecule has 0 fully saturated rings. The molecular formula is C17H20N2O4. The lowest BCUT2D eigenvalue weighted by molar-refractivity contribution is -0.142. The van der Waals surface area contributed by atoms with E-state index in [1.165, 1.54) is 11.8 Å². The Bertz CT molecular complexity index is 654. The van der Waals surface area contributed by atoms with E-state index in [1.807, 2.05) is 30.3 Å². The second kappa shape index (κ2) is 7.09. The number of carbonyl (C=O) groups excluding carboxylic acids is 2. The lowest BCUT2D eigenvalue weighted by atomic mass is 9.93. The molecule has 2 rings (SSSR count). The summed E-state index contributed by atoms with van der Waals surface area (Å²) in [6.45, 7) is 3.13. The second-order valence-electron chi connectivity index (χ2n) is 5.46. The van der Waals surface area contributed by atoms with Crippen LogP contribution in [0, 0.1) is 0 Å². The molecule has 122 valence electrons. The molecule has 0 radical (unpaired) electrons. The maximum atomic E-state index is 12.2. The highest BCUT2D eigenvalue weighted by Gasteiger charge is 2.29. The lowest BCUT2D eigenvalue weighted by Crippen LogP contribution is -2.42. The summed E-state index contributed by atoms with van der Waals surface area (Å²) >= 11 is 0. The average Bonchev–Trinajstić information content (AvgIpc) is 2.52. The van der Waals surface area contributed by atoms with E-state index in [4.69, 9.17) is 5.11 Å². The number of amides is 2. The molecule has 0 saturated heterocycles. The van der Waals surface area contributed by atoms with Crippen LogP contribution < -0.4 is 5.32 Å². The number of aliphatic carboxylic acids is 1. The summed E-state index contributed by atoms with van der Waals surface area (Å²) in [5, 5.41) is 11.5. The van der Waals surface area contributed by atoms with Gasteiger partial charge in [0.25, 0.3) is 0 Å². The summed E-state index contributed by atoms with van der Waals surface area (Å²) in [7, 11) is 0. The molecule has 0 saturated carbocycles. The number of carboxylic acids is 1. The molecule has 6 heteroatoms. The predicted octanol–water partition coefficient (Wildman–Crippen LogP) is 1.93.